The summed E-state index contributed by atoms with van der Waals surface area (Å²) in [5, 5.41) is 3.33. The van der Waals surface area contributed by atoms with Crippen LogP contribution in [-0.2, 0) is 0 Å². The van der Waals surface area contributed by atoms with E-state index in [4.69, 9.17) is 0 Å². The second kappa shape index (κ2) is 2.48. The summed E-state index contributed by atoms with van der Waals surface area (Å²) in [5.41, 5.74) is 0. The lowest BCUT2D eigenvalue weighted by Gasteiger charge is -2.35. The SMILES string of the molecule is CS(C)(C)N1CCNC1. The number of nitrogens with one attached hydrogen (secondary N) is 1. The van der Waals surface area contributed by atoms with Crippen LogP contribution >= 0.6 is 10.2 Å². The molecule has 1 saturated heterocycles. The first-order chi connectivity index (χ1) is 4.11. The maximum Gasteiger partial charge on any atom is 0.0566 e. The molecule has 56 valence electrons. The van der Waals surface area contributed by atoms with Crippen molar-refractivity contribution in [3.05, 3.63) is 0 Å². The first-order valence-corrected chi connectivity index (χ1v) is 6.06. The third-order valence-corrected chi connectivity index (χ3v) is 3.46. The summed E-state index contributed by atoms with van der Waals surface area (Å²) in [6.07, 6.45) is 7.00. The fraction of sp³-hybridized carbons (Fsp3) is 1.00. The first-order valence-electron chi connectivity index (χ1n) is 3.25. The molecular weight excluding hydrogens is 132 g/mol. The standard InChI is InChI=1S/C6H16N2S/c1-9(2,3)8-5-4-7-6-8/h7H,4-6H2,1-3H3. The van der Waals surface area contributed by atoms with Gasteiger partial charge in [0, 0.05) is 13.1 Å². The Labute approximate surface area is 59.1 Å². The van der Waals surface area contributed by atoms with Crippen molar-refractivity contribution in [3.8, 4) is 0 Å². The van der Waals surface area contributed by atoms with Crippen molar-refractivity contribution in [2.45, 2.75) is 0 Å². The van der Waals surface area contributed by atoms with Crippen molar-refractivity contribution >= 4 is 10.2 Å². The van der Waals surface area contributed by atoms with Crippen molar-refractivity contribution in [1.29, 1.82) is 0 Å². The Morgan fingerprint density at radius 1 is 1.33 bits per heavy atom. The Bertz CT molecular complexity index is 91.7. The van der Waals surface area contributed by atoms with Crippen LogP contribution in [0.15, 0.2) is 0 Å². The summed E-state index contributed by atoms with van der Waals surface area (Å²) >= 11 is 0. The van der Waals surface area contributed by atoms with Crippen molar-refractivity contribution in [2.24, 2.45) is 0 Å². The highest BCUT2D eigenvalue weighted by molar-refractivity contribution is 8.30. The summed E-state index contributed by atoms with van der Waals surface area (Å²) in [5.74, 6) is 0. The van der Waals surface area contributed by atoms with Crippen LogP contribution in [0.5, 0.6) is 0 Å². The van der Waals surface area contributed by atoms with E-state index in [9.17, 15) is 0 Å². The molecule has 0 saturated carbocycles. The van der Waals surface area contributed by atoms with E-state index >= 15 is 0 Å². The largest absolute Gasteiger partial charge is 0.302 e. The van der Waals surface area contributed by atoms with Gasteiger partial charge in [-0.25, -0.2) is 0 Å². The Balaban J connectivity index is 2.42. The molecule has 1 N–H and O–H groups in total. The summed E-state index contributed by atoms with van der Waals surface area (Å²) in [6, 6.07) is 0. The van der Waals surface area contributed by atoms with Gasteiger partial charge in [-0.1, -0.05) is 0 Å². The molecule has 0 bridgehead atoms. The van der Waals surface area contributed by atoms with Crippen LogP contribution in [0.1, 0.15) is 0 Å². The molecule has 0 atom stereocenters. The monoisotopic (exact) mass is 148 g/mol. The molecule has 0 aromatic heterocycles. The molecule has 0 unspecified atom stereocenters. The zero-order valence-electron chi connectivity index (χ0n) is 6.48. The fourth-order valence-electron chi connectivity index (χ4n) is 0.954. The van der Waals surface area contributed by atoms with E-state index in [2.05, 4.69) is 28.4 Å². The molecule has 0 spiro atoms. The first kappa shape index (κ1) is 7.38. The molecule has 1 aliphatic heterocycles. The molecule has 0 amide bonds. The van der Waals surface area contributed by atoms with Crippen molar-refractivity contribution < 1.29 is 0 Å². The molecule has 0 aliphatic carbocycles. The highest BCUT2D eigenvalue weighted by Crippen LogP contribution is 2.39. The predicted molar refractivity (Wildman–Crippen MR) is 44.9 cm³/mol. The molecule has 1 heterocycles. The lowest BCUT2D eigenvalue weighted by Crippen LogP contribution is -2.24. The van der Waals surface area contributed by atoms with Crippen LogP contribution in [0.2, 0.25) is 0 Å². The minimum atomic E-state index is -0.432. The molecule has 3 heteroatoms. The van der Waals surface area contributed by atoms with Crippen LogP contribution in [0, 0.1) is 0 Å². The minimum Gasteiger partial charge on any atom is -0.302 e. The average Bonchev–Trinajstić information content (AvgIpc) is 2.08. The van der Waals surface area contributed by atoms with Gasteiger partial charge in [-0.15, -0.1) is 0 Å². The summed E-state index contributed by atoms with van der Waals surface area (Å²) in [7, 11) is -0.432. The van der Waals surface area contributed by atoms with Gasteiger partial charge >= 0.3 is 0 Å². The Morgan fingerprint density at radius 2 is 2.00 bits per heavy atom. The zero-order chi connectivity index (χ0) is 6.91. The molecule has 2 nitrogen and oxygen atoms in total. The van der Waals surface area contributed by atoms with Gasteiger partial charge in [0.05, 0.1) is 6.67 Å². The third kappa shape index (κ3) is 1.85. The minimum absolute atomic E-state index is 0.432. The lowest BCUT2D eigenvalue weighted by molar-refractivity contribution is 0.564. The molecule has 1 aliphatic rings. The number of rotatable bonds is 1. The smallest absolute Gasteiger partial charge is 0.0566 e. The van der Waals surface area contributed by atoms with Crippen molar-refractivity contribution in [2.75, 3.05) is 38.5 Å². The number of hydrogen-bond acceptors (Lipinski definition) is 2. The van der Waals surface area contributed by atoms with Crippen LogP contribution in [0.3, 0.4) is 0 Å². The summed E-state index contributed by atoms with van der Waals surface area (Å²) < 4.78 is 2.52. The van der Waals surface area contributed by atoms with Crippen LogP contribution in [0.4, 0.5) is 0 Å². The van der Waals surface area contributed by atoms with E-state index in [0.717, 1.165) is 6.67 Å². The van der Waals surface area contributed by atoms with Crippen molar-refractivity contribution in [1.82, 2.24) is 9.62 Å². The molecule has 1 rings (SSSR count). The summed E-state index contributed by atoms with van der Waals surface area (Å²) in [4.78, 5) is 0. The van der Waals surface area contributed by atoms with E-state index in [1.165, 1.54) is 13.1 Å². The number of nitrogens with zero attached hydrogens (tertiary/aromatic N) is 1. The predicted octanol–water partition coefficient (Wildman–Crippen LogP) is 0.458. The van der Waals surface area contributed by atoms with Gasteiger partial charge in [-0.3, -0.25) is 4.31 Å². The highest BCUT2D eigenvalue weighted by atomic mass is 32.3. The van der Waals surface area contributed by atoms with Crippen molar-refractivity contribution in [3.63, 3.8) is 0 Å². The lowest BCUT2D eigenvalue weighted by atomic mass is 10.7. The second-order valence-electron chi connectivity index (χ2n) is 3.14. The van der Waals surface area contributed by atoms with E-state index in [0.29, 0.717) is 0 Å². The van der Waals surface area contributed by atoms with E-state index in [1.807, 2.05) is 0 Å². The quantitative estimate of drug-likeness (QED) is 0.581. The van der Waals surface area contributed by atoms with Gasteiger partial charge in [-0.2, -0.15) is 10.2 Å². The van der Waals surface area contributed by atoms with Gasteiger partial charge in [0.25, 0.3) is 0 Å². The molecule has 0 radical (unpaired) electrons. The van der Waals surface area contributed by atoms with Gasteiger partial charge in [0.1, 0.15) is 0 Å². The van der Waals surface area contributed by atoms with Gasteiger partial charge < -0.3 is 5.32 Å². The second-order valence-corrected chi connectivity index (χ2v) is 7.20. The molecule has 9 heavy (non-hydrogen) atoms. The molecule has 0 aromatic carbocycles. The molecular formula is C6H16N2S. The van der Waals surface area contributed by atoms with Gasteiger partial charge in [0.15, 0.2) is 0 Å². The normalized spacial score (nSPS) is 24.8. The summed E-state index contributed by atoms with van der Waals surface area (Å²) in [6.45, 7) is 3.50. The molecule has 1 fully saturated rings. The van der Waals surface area contributed by atoms with E-state index in [-0.39, 0.29) is 0 Å². The zero-order valence-corrected chi connectivity index (χ0v) is 7.29. The Morgan fingerprint density at radius 3 is 2.22 bits per heavy atom. The van der Waals surface area contributed by atoms with Crippen LogP contribution in [0.25, 0.3) is 0 Å². The maximum absolute atomic E-state index is 3.33. The average molecular weight is 148 g/mol. The fourth-order valence-corrected chi connectivity index (χ4v) is 2.07. The van der Waals surface area contributed by atoms with Crippen LogP contribution < -0.4 is 5.32 Å². The Hall–Kier alpha value is 0.270. The highest BCUT2D eigenvalue weighted by Gasteiger charge is 2.19. The topological polar surface area (TPSA) is 15.3 Å². The number of hydrogen-bond donors (Lipinski definition) is 1. The van der Waals surface area contributed by atoms with Crippen LogP contribution in [-0.4, -0.2) is 42.8 Å². The van der Waals surface area contributed by atoms with Gasteiger partial charge in [0.2, 0.25) is 0 Å². The molecule has 0 aromatic rings. The van der Waals surface area contributed by atoms with E-state index < -0.39 is 10.2 Å². The Kier molecular flexibility index (Phi) is 2.03. The van der Waals surface area contributed by atoms with E-state index in [1.54, 1.807) is 0 Å². The maximum atomic E-state index is 3.33. The van der Waals surface area contributed by atoms with Gasteiger partial charge in [-0.05, 0) is 18.8 Å². The third-order valence-electron chi connectivity index (χ3n) is 1.60.